The Morgan fingerprint density at radius 1 is 1.73 bits per heavy atom. The van der Waals surface area contributed by atoms with E-state index in [9.17, 15) is 9.59 Å². The van der Waals surface area contributed by atoms with Crippen molar-refractivity contribution in [3.63, 3.8) is 0 Å². The van der Waals surface area contributed by atoms with E-state index in [1.54, 1.807) is 0 Å². The number of carbonyl (C=O) groups is 2. The molecule has 5 nitrogen and oxygen atoms in total. The Labute approximate surface area is 64.5 Å². The van der Waals surface area contributed by atoms with Crippen LogP contribution in [-0.4, -0.2) is 30.1 Å². The molecule has 61 valence electrons. The molecule has 2 N–H and O–H groups in total. The van der Waals surface area contributed by atoms with E-state index in [-0.39, 0.29) is 6.17 Å². The third-order valence-electron chi connectivity index (χ3n) is 1.77. The Kier molecular flexibility index (Phi) is 2.30. The van der Waals surface area contributed by atoms with E-state index >= 15 is 0 Å². The van der Waals surface area contributed by atoms with Gasteiger partial charge in [0, 0.05) is 6.54 Å². The Morgan fingerprint density at radius 2 is 2.45 bits per heavy atom. The van der Waals surface area contributed by atoms with Gasteiger partial charge in [-0.3, -0.25) is 4.79 Å². The van der Waals surface area contributed by atoms with Gasteiger partial charge in [0.25, 0.3) is 0 Å². The first-order valence-corrected chi connectivity index (χ1v) is 3.47. The molecular formula is C6H10N3O2. The Hall–Kier alpha value is -1.26. The van der Waals surface area contributed by atoms with Gasteiger partial charge in [0.2, 0.25) is 6.41 Å². The second-order valence-corrected chi connectivity index (χ2v) is 2.44. The molecule has 1 atom stereocenters. The van der Waals surface area contributed by atoms with E-state index in [1.165, 1.54) is 4.90 Å². The van der Waals surface area contributed by atoms with Gasteiger partial charge in [0.15, 0.2) is 0 Å². The molecule has 0 spiro atoms. The molecule has 11 heavy (non-hydrogen) atoms. The number of urea groups is 1. The average Bonchev–Trinajstić information content (AvgIpc) is 2.36. The van der Waals surface area contributed by atoms with Gasteiger partial charge in [-0.15, -0.1) is 0 Å². The number of amides is 3. The SMILES string of the molecule is [NH]C(=O)N1CCCC1NC=O. The maximum Gasteiger partial charge on any atom is 0.337 e. The largest absolute Gasteiger partial charge is 0.338 e. The van der Waals surface area contributed by atoms with Gasteiger partial charge >= 0.3 is 6.03 Å². The summed E-state index contributed by atoms with van der Waals surface area (Å²) in [5.74, 6) is 0. The molecule has 1 fully saturated rings. The van der Waals surface area contributed by atoms with E-state index in [4.69, 9.17) is 5.73 Å². The van der Waals surface area contributed by atoms with Crippen molar-refractivity contribution < 1.29 is 9.59 Å². The number of nitrogens with zero attached hydrogens (tertiary/aromatic N) is 1. The zero-order valence-corrected chi connectivity index (χ0v) is 6.04. The summed E-state index contributed by atoms with van der Waals surface area (Å²) in [4.78, 5) is 21.9. The number of rotatable bonds is 2. The molecule has 1 unspecified atom stereocenters. The van der Waals surface area contributed by atoms with E-state index in [0.29, 0.717) is 13.0 Å². The second-order valence-electron chi connectivity index (χ2n) is 2.44. The van der Waals surface area contributed by atoms with Crippen LogP contribution in [0.1, 0.15) is 12.8 Å². The third kappa shape index (κ3) is 1.60. The molecule has 0 aliphatic carbocycles. The lowest BCUT2D eigenvalue weighted by molar-refractivity contribution is -0.110. The van der Waals surface area contributed by atoms with Gasteiger partial charge in [-0.1, -0.05) is 0 Å². The molecule has 0 aromatic rings. The van der Waals surface area contributed by atoms with Crippen molar-refractivity contribution in [2.45, 2.75) is 19.0 Å². The summed E-state index contributed by atoms with van der Waals surface area (Å²) >= 11 is 0. The van der Waals surface area contributed by atoms with Gasteiger partial charge in [0.1, 0.15) is 6.17 Å². The standard InChI is InChI=1S/C6H10N3O2/c7-6(11)9-3-1-2-5(9)8-4-10/h4-5,7H,1-3H2,(H,8,10). The lowest BCUT2D eigenvalue weighted by atomic mass is 10.3. The zero-order valence-electron chi connectivity index (χ0n) is 6.04. The van der Waals surface area contributed by atoms with Crippen LogP contribution >= 0.6 is 0 Å². The van der Waals surface area contributed by atoms with Crippen LogP contribution in [0.4, 0.5) is 4.79 Å². The number of likely N-dealkylation sites (tertiary alicyclic amines) is 1. The molecule has 0 saturated carbocycles. The van der Waals surface area contributed by atoms with E-state index in [2.05, 4.69) is 5.32 Å². The molecule has 0 aromatic heterocycles. The molecule has 1 aliphatic rings. The highest BCUT2D eigenvalue weighted by Crippen LogP contribution is 2.13. The molecule has 3 amide bonds. The first-order chi connectivity index (χ1) is 5.25. The van der Waals surface area contributed by atoms with Crippen LogP contribution in [0, 0.1) is 0 Å². The highest BCUT2D eigenvalue weighted by atomic mass is 16.2. The number of carbonyl (C=O) groups excluding carboxylic acids is 2. The summed E-state index contributed by atoms with van der Waals surface area (Å²) in [7, 11) is 0. The van der Waals surface area contributed by atoms with Crippen molar-refractivity contribution >= 4 is 12.4 Å². The Balaban J connectivity index is 2.50. The Morgan fingerprint density at radius 3 is 3.00 bits per heavy atom. The summed E-state index contributed by atoms with van der Waals surface area (Å²) in [5.41, 5.74) is 6.81. The van der Waals surface area contributed by atoms with E-state index in [1.807, 2.05) is 0 Å². The summed E-state index contributed by atoms with van der Waals surface area (Å²) in [5, 5.41) is 2.48. The first kappa shape index (κ1) is 7.84. The normalized spacial score (nSPS) is 23.3. The topological polar surface area (TPSA) is 73.2 Å². The van der Waals surface area contributed by atoms with Crippen molar-refractivity contribution in [3.8, 4) is 0 Å². The molecular weight excluding hydrogens is 146 g/mol. The van der Waals surface area contributed by atoms with E-state index < -0.39 is 6.03 Å². The summed E-state index contributed by atoms with van der Waals surface area (Å²) in [6.45, 7) is 0.577. The summed E-state index contributed by atoms with van der Waals surface area (Å²) in [6, 6.07) is -0.721. The maximum atomic E-state index is 10.6. The summed E-state index contributed by atoms with van der Waals surface area (Å²) < 4.78 is 0. The minimum atomic E-state index is -0.721. The lowest BCUT2D eigenvalue weighted by Crippen LogP contribution is -2.43. The van der Waals surface area contributed by atoms with Gasteiger partial charge in [0.05, 0.1) is 0 Å². The monoisotopic (exact) mass is 156 g/mol. The average molecular weight is 156 g/mol. The molecule has 1 radical (unpaired) electrons. The predicted molar refractivity (Wildman–Crippen MR) is 37.4 cm³/mol. The molecule has 5 heteroatoms. The fraction of sp³-hybridized carbons (Fsp3) is 0.667. The number of hydrogen-bond donors (Lipinski definition) is 1. The lowest BCUT2D eigenvalue weighted by Gasteiger charge is -2.20. The van der Waals surface area contributed by atoms with Crippen molar-refractivity contribution in [3.05, 3.63) is 0 Å². The minimum absolute atomic E-state index is 0.252. The van der Waals surface area contributed by atoms with Gasteiger partial charge in [-0.05, 0) is 12.8 Å². The van der Waals surface area contributed by atoms with Crippen molar-refractivity contribution in [1.29, 1.82) is 0 Å². The molecule has 1 saturated heterocycles. The van der Waals surface area contributed by atoms with Crippen LogP contribution < -0.4 is 11.1 Å². The molecule has 1 aliphatic heterocycles. The zero-order chi connectivity index (χ0) is 8.27. The molecule has 1 heterocycles. The fourth-order valence-electron chi connectivity index (χ4n) is 1.26. The van der Waals surface area contributed by atoms with Crippen molar-refractivity contribution in [2.24, 2.45) is 0 Å². The first-order valence-electron chi connectivity index (χ1n) is 3.47. The van der Waals surface area contributed by atoms with Gasteiger partial charge in [-0.25, -0.2) is 10.5 Å². The minimum Gasteiger partial charge on any atom is -0.338 e. The predicted octanol–water partition coefficient (Wildman–Crippen LogP) is -0.443. The maximum absolute atomic E-state index is 10.6. The van der Waals surface area contributed by atoms with Crippen LogP contribution in [-0.2, 0) is 4.79 Å². The highest BCUT2D eigenvalue weighted by Gasteiger charge is 2.26. The van der Waals surface area contributed by atoms with Gasteiger partial charge in [-0.2, -0.15) is 0 Å². The number of hydrogen-bond acceptors (Lipinski definition) is 2. The van der Waals surface area contributed by atoms with Gasteiger partial charge < -0.3 is 10.2 Å². The molecule has 0 aromatic carbocycles. The second kappa shape index (κ2) is 3.23. The fourth-order valence-corrected chi connectivity index (χ4v) is 1.26. The number of nitrogens with one attached hydrogen (secondary N) is 2. The highest BCUT2D eigenvalue weighted by molar-refractivity contribution is 5.72. The Bertz CT molecular complexity index is 171. The van der Waals surface area contributed by atoms with E-state index in [0.717, 1.165) is 12.8 Å². The molecule has 0 bridgehead atoms. The summed E-state index contributed by atoms with van der Waals surface area (Å²) in [6.07, 6.45) is 1.92. The van der Waals surface area contributed by atoms with Crippen molar-refractivity contribution in [2.75, 3.05) is 6.54 Å². The smallest absolute Gasteiger partial charge is 0.337 e. The quantitative estimate of drug-likeness (QED) is 0.550. The molecule has 1 rings (SSSR count). The van der Waals surface area contributed by atoms with Crippen LogP contribution in [0.3, 0.4) is 0 Å². The van der Waals surface area contributed by atoms with Crippen LogP contribution in [0.15, 0.2) is 0 Å². The van der Waals surface area contributed by atoms with Crippen LogP contribution in [0.5, 0.6) is 0 Å². The van der Waals surface area contributed by atoms with Crippen LogP contribution in [0.25, 0.3) is 0 Å². The van der Waals surface area contributed by atoms with Crippen molar-refractivity contribution in [1.82, 2.24) is 16.0 Å². The third-order valence-corrected chi connectivity index (χ3v) is 1.77. The van der Waals surface area contributed by atoms with Crippen LogP contribution in [0.2, 0.25) is 0 Å².